The van der Waals surface area contributed by atoms with E-state index in [2.05, 4.69) is 43.6 Å². The van der Waals surface area contributed by atoms with Gasteiger partial charge in [0.2, 0.25) is 17.7 Å². The van der Waals surface area contributed by atoms with Gasteiger partial charge in [-0.3, -0.25) is 14.4 Å². The van der Waals surface area contributed by atoms with Crippen LogP contribution in [0.25, 0.3) is 0 Å². The minimum Gasteiger partial charge on any atom is -0.347 e. The second-order valence-corrected chi connectivity index (χ2v) is 7.66. The lowest BCUT2D eigenvalue weighted by atomic mass is 10.0. The van der Waals surface area contributed by atoms with Crippen molar-refractivity contribution in [3.05, 3.63) is 29.8 Å². The Kier molecular flexibility index (Phi) is 19.5. The van der Waals surface area contributed by atoms with Crippen LogP contribution in [0, 0.1) is 5.92 Å². The first kappa shape index (κ1) is 30.8. The van der Waals surface area contributed by atoms with E-state index in [4.69, 9.17) is 0 Å². The molecular formula is C25H45N3O3. The minimum absolute atomic E-state index is 0.121. The van der Waals surface area contributed by atoms with Crippen LogP contribution < -0.4 is 16.0 Å². The Morgan fingerprint density at radius 3 is 1.94 bits per heavy atom. The molecule has 31 heavy (non-hydrogen) atoms. The molecule has 1 atom stereocenters. The van der Waals surface area contributed by atoms with Crippen LogP contribution in [-0.4, -0.2) is 30.3 Å². The van der Waals surface area contributed by atoms with Crippen LogP contribution in [0.5, 0.6) is 0 Å². The number of benzene rings is 1. The number of nitrogens with one attached hydrogen (secondary N) is 3. The molecule has 3 N–H and O–H groups in total. The Bertz CT molecular complexity index is 613. The molecule has 3 amide bonds. The smallest absolute Gasteiger partial charge is 0.246 e. The van der Waals surface area contributed by atoms with Gasteiger partial charge in [0, 0.05) is 12.1 Å². The van der Waals surface area contributed by atoms with Gasteiger partial charge in [0.1, 0.15) is 6.04 Å². The molecule has 0 spiro atoms. The zero-order valence-corrected chi connectivity index (χ0v) is 20.9. The Labute approximate surface area is 190 Å². The lowest BCUT2D eigenvalue weighted by molar-refractivity contribution is -0.128. The van der Waals surface area contributed by atoms with E-state index < -0.39 is 6.04 Å². The second kappa shape index (κ2) is 19.6. The van der Waals surface area contributed by atoms with Crippen LogP contribution in [0.15, 0.2) is 24.3 Å². The van der Waals surface area contributed by atoms with E-state index in [-0.39, 0.29) is 24.3 Å². The molecular weight excluding hydrogens is 390 g/mol. The van der Waals surface area contributed by atoms with Gasteiger partial charge in [-0.05, 0) is 43.4 Å². The predicted molar refractivity (Wildman–Crippen MR) is 131 cm³/mol. The topological polar surface area (TPSA) is 87.3 Å². The van der Waals surface area contributed by atoms with Gasteiger partial charge in [-0.2, -0.15) is 0 Å². The summed E-state index contributed by atoms with van der Waals surface area (Å²) >= 11 is 0. The summed E-state index contributed by atoms with van der Waals surface area (Å²) in [4.78, 5) is 35.5. The fraction of sp³-hybridized carbons (Fsp3) is 0.640. The van der Waals surface area contributed by atoms with Crippen molar-refractivity contribution in [1.82, 2.24) is 10.6 Å². The molecule has 0 fully saturated rings. The third-order valence-corrected chi connectivity index (χ3v) is 3.84. The van der Waals surface area contributed by atoms with Gasteiger partial charge in [0.05, 0.1) is 6.54 Å². The van der Waals surface area contributed by atoms with Gasteiger partial charge in [0.15, 0.2) is 0 Å². The van der Waals surface area contributed by atoms with Crippen LogP contribution in [0.1, 0.15) is 86.6 Å². The second-order valence-electron chi connectivity index (χ2n) is 7.66. The molecule has 0 heterocycles. The van der Waals surface area contributed by atoms with Gasteiger partial charge in [-0.1, -0.05) is 73.4 Å². The van der Waals surface area contributed by atoms with Crippen molar-refractivity contribution in [2.75, 3.05) is 11.9 Å². The first-order chi connectivity index (χ1) is 14.7. The van der Waals surface area contributed by atoms with Gasteiger partial charge in [0.25, 0.3) is 0 Å². The molecule has 1 unspecified atom stereocenters. The standard InChI is InChI=1S/C20H31N3O3.C3H8.C2H6/c1-5-6-7-18(24)21-13-19(25)22-15(4)20(26)23-17-10-8-16(9-11-17)12-14(2)3;1-3-2;1-2/h8-11,14-15H,5-7,12-13H2,1-4H3,(H,21,24)(H,22,25)(H,23,26);3H2,1-2H3;1-2H3. The monoisotopic (exact) mass is 435 g/mol. The highest BCUT2D eigenvalue weighted by atomic mass is 16.2. The zero-order valence-electron chi connectivity index (χ0n) is 20.9. The molecule has 6 nitrogen and oxygen atoms in total. The van der Waals surface area contributed by atoms with Crippen LogP contribution in [0.3, 0.4) is 0 Å². The third-order valence-electron chi connectivity index (χ3n) is 3.84. The summed E-state index contributed by atoms with van der Waals surface area (Å²) in [6.45, 7) is 16.1. The average Bonchev–Trinajstić information content (AvgIpc) is 2.73. The van der Waals surface area contributed by atoms with E-state index in [9.17, 15) is 14.4 Å². The normalized spacial score (nSPS) is 10.6. The molecule has 178 valence electrons. The molecule has 0 aliphatic heterocycles. The van der Waals surface area contributed by atoms with Crippen molar-refractivity contribution in [2.24, 2.45) is 5.92 Å². The number of hydrogen-bond acceptors (Lipinski definition) is 3. The van der Waals surface area contributed by atoms with E-state index in [1.807, 2.05) is 45.0 Å². The first-order valence-corrected chi connectivity index (χ1v) is 11.7. The van der Waals surface area contributed by atoms with Gasteiger partial charge in [-0.15, -0.1) is 0 Å². The van der Waals surface area contributed by atoms with Crippen molar-refractivity contribution in [3.8, 4) is 0 Å². The molecule has 6 heteroatoms. The number of carbonyl (C=O) groups is 3. The van der Waals surface area contributed by atoms with Crippen LogP contribution in [-0.2, 0) is 20.8 Å². The van der Waals surface area contributed by atoms with E-state index in [1.54, 1.807) is 6.92 Å². The van der Waals surface area contributed by atoms with Crippen LogP contribution in [0.2, 0.25) is 0 Å². The SMILES string of the molecule is CC.CCC.CCCCC(=O)NCC(=O)NC(C)C(=O)Nc1ccc(CC(C)C)cc1. The molecule has 0 saturated heterocycles. The highest BCUT2D eigenvalue weighted by molar-refractivity contribution is 5.97. The van der Waals surface area contributed by atoms with Gasteiger partial charge in [-0.25, -0.2) is 0 Å². The van der Waals surface area contributed by atoms with Crippen LogP contribution in [0.4, 0.5) is 5.69 Å². The van der Waals surface area contributed by atoms with Gasteiger partial charge < -0.3 is 16.0 Å². The maximum atomic E-state index is 12.2. The summed E-state index contributed by atoms with van der Waals surface area (Å²) in [7, 11) is 0. The zero-order chi connectivity index (χ0) is 24.2. The van der Waals surface area contributed by atoms with Gasteiger partial charge >= 0.3 is 0 Å². The van der Waals surface area contributed by atoms with E-state index in [0.29, 0.717) is 18.0 Å². The molecule has 0 aliphatic rings. The fourth-order valence-corrected chi connectivity index (χ4v) is 2.41. The Hall–Kier alpha value is -2.37. The number of hydrogen-bond donors (Lipinski definition) is 3. The Morgan fingerprint density at radius 1 is 0.903 bits per heavy atom. The minimum atomic E-state index is -0.689. The maximum Gasteiger partial charge on any atom is 0.246 e. The van der Waals surface area contributed by atoms with E-state index in [0.717, 1.165) is 19.3 Å². The summed E-state index contributed by atoms with van der Waals surface area (Å²) in [5.74, 6) is -0.259. The largest absolute Gasteiger partial charge is 0.347 e. The molecule has 0 bridgehead atoms. The Balaban J connectivity index is 0. The van der Waals surface area contributed by atoms with Crippen molar-refractivity contribution < 1.29 is 14.4 Å². The van der Waals surface area contributed by atoms with Crippen molar-refractivity contribution in [1.29, 1.82) is 0 Å². The molecule has 1 aromatic rings. The van der Waals surface area contributed by atoms with Crippen molar-refractivity contribution in [3.63, 3.8) is 0 Å². The third kappa shape index (κ3) is 17.0. The van der Waals surface area contributed by atoms with Crippen LogP contribution >= 0.6 is 0 Å². The molecule has 0 radical (unpaired) electrons. The Morgan fingerprint density at radius 2 is 1.45 bits per heavy atom. The summed E-state index contributed by atoms with van der Waals surface area (Å²) in [5, 5.41) is 7.91. The fourth-order valence-electron chi connectivity index (χ4n) is 2.41. The summed E-state index contributed by atoms with van der Waals surface area (Å²) in [5.41, 5.74) is 1.91. The molecule has 0 aromatic heterocycles. The summed E-state index contributed by atoms with van der Waals surface area (Å²) in [6.07, 6.45) is 4.37. The predicted octanol–water partition coefficient (Wildman–Crippen LogP) is 5.08. The maximum absolute atomic E-state index is 12.2. The molecule has 1 rings (SSSR count). The number of carbonyl (C=O) groups excluding carboxylic acids is 3. The average molecular weight is 436 g/mol. The lowest BCUT2D eigenvalue weighted by Crippen LogP contribution is -2.45. The number of unbranched alkanes of at least 4 members (excludes halogenated alkanes) is 1. The quantitative estimate of drug-likeness (QED) is 0.479. The van der Waals surface area contributed by atoms with E-state index >= 15 is 0 Å². The van der Waals surface area contributed by atoms with Crippen molar-refractivity contribution >= 4 is 23.4 Å². The molecule has 1 aromatic carbocycles. The number of amides is 3. The first-order valence-electron chi connectivity index (χ1n) is 11.7. The van der Waals surface area contributed by atoms with E-state index in [1.165, 1.54) is 12.0 Å². The summed E-state index contributed by atoms with van der Waals surface area (Å²) < 4.78 is 0. The van der Waals surface area contributed by atoms with Crippen molar-refractivity contribution in [2.45, 2.75) is 93.5 Å². The number of rotatable bonds is 10. The number of anilines is 1. The lowest BCUT2D eigenvalue weighted by Gasteiger charge is -2.15. The highest BCUT2D eigenvalue weighted by Crippen LogP contribution is 2.13. The highest BCUT2D eigenvalue weighted by Gasteiger charge is 2.16. The molecule has 0 aliphatic carbocycles. The molecule has 0 saturated carbocycles. The summed E-state index contributed by atoms with van der Waals surface area (Å²) in [6, 6.07) is 7.01.